The Bertz CT molecular complexity index is 487. The van der Waals surface area contributed by atoms with Gasteiger partial charge in [0, 0.05) is 0 Å². The molecule has 2 N–H and O–H groups in total. The molecule has 0 aliphatic heterocycles. The first kappa shape index (κ1) is 23.0. The third-order valence-corrected chi connectivity index (χ3v) is 4.26. The number of aromatic hydroxyl groups is 1. The normalized spacial score (nSPS) is 14.0. The third-order valence-electron chi connectivity index (χ3n) is 4.26. The monoisotopic (exact) mass is 336 g/mol. The van der Waals surface area contributed by atoms with E-state index in [0.29, 0.717) is 5.75 Å². The second-order valence-electron chi connectivity index (χ2n) is 10.00. The van der Waals surface area contributed by atoms with Crippen LogP contribution in [0.2, 0.25) is 0 Å². The van der Waals surface area contributed by atoms with Crippen molar-refractivity contribution in [3.05, 3.63) is 28.8 Å². The van der Waals surface area contributed by atoms with Gasteiger partial charge < -0.3 is 10.2 Å². The van der Waals surface area contributed by atoms with Crippen LogP contribution in [0.25, 0.3) is 0 Å². The molecule has 0 bridgehead atoms. The number of phenolic OH excluding ortho intramolecular Hbond substituents is 1. The summed E-state index contributed by atoms with van der Waals surface area (Å²) in [5.41, 5.74) is 3.32. The summed E-state index contributed by atoms with van der Waals surface area (Å²) in [5.74, 6) is 0.464. The maximum atomic E-state index is 10.4. The minimum atomic E-state index is -0.150. The maximum Gasteiger partial charge on any atom is 0.123 e. The molecule has 1 unspecified atom stereocenters. The van der Waals surface area contributed by atoms with Crippen molar-refractivity contribution < 1.29 is 10.2 Å². The van der Waals surface area contributed by atoms with Crippen LogP contribution in [0.15, 0.2) is 12.1 Å². The van der Waals surface area contributed by atoms with Gasteiger partial charge in [-0.3, -0.25) is 0 Å². The van der Waals surface area contributed by atoms with Gasteiger partial charge >= 0.3 is 0 Å². The summed E-state index contributed by atoms with van der Waals surface area (Å²) in [6.07, 6.45) is 0.700. The predicted molar refractivity (Wildman–Crippen MR) is 106 cm³/mol. The third kappa shape index (κ3) is 6.84. The lowest BCUT2D eigenvalue weighted by Gasteiger charge is -2.27. The van der Waals surface area contributed by atoms with E-state index < -0.39 is 0 Å². The van der Waals surface area contributed by atoms with E-state index in [2.05, 4.69) is 60.6 Å². The predicted octanol–water partition coefficient (Wildman–Crippen LogP) is 6.10. The Labute approximate surface area is 150 Å². The zero-order valence-electron chi connectivity index (χ0n) is 17.8. The van der Waals surface area contributed by atoms with Crippen molar-refractivity contribution in [3.63, 3.8) is 0 Å². The highest BCUT2D eigenvalue weighted by atomic mass is 16.3. The smallest absolute Gasteiger partial charge is 0.123 e. The lowest BCUT2D eigenvalue weighted by atomic mass is 9.78. The van der Waals surface area contributed by atoms with Crippen molar-refractivity contribution in [1.29, 1.82) is 0 Å². The summed E-state index contributed by atoms with van der Waals surface area (Å²) in [7, 11) is 0. The van der Waals surface area contributed by atoms with E-state index in [9.17, 15) is 10.2 Å². The molecule has 0 heterocycles. The molecule has 0 radical (unpaired) electrons. The van der Waals surface area contributed by atoms with E-state index in [0.717, 1.165) is 17.5 Å². The minimum absolute atomic E-state index is 0.0178. The van der Waals surface area contributed by atoms with Crippen LogP contribution in [0.5, 0.6) is 5.75 Å². The molecule has 24 heavy (non-hydrogen) atoms. The van der Waals surface area contributed by atoms with Crippen LogP contribution in [0, 0.1) is 12.3 Å². The van der Waals surface area contributed by atoms with Crippen LogP contribution < -0.4 is 0 Å². The number of hydrogen-bond donors (Lipinski definition) is 2. The van der Waals surface area contributed by atoms with E-state index in [1.165, 1.54) is 5.56 Å². The van der Waals surface area contributed by atoms with Gasteiger partial charge in [-0.1, -0.05) is 86.9 Å². The van der Waals surface area contributed by atoms with Crippen molar-refractivity contribution >= 4 is 0 Å². The van der Waals surface area contributed by atoms with E-state index in [-0.39, 0.29) is 22.3 Å². The fourth-order valence-corrected chi connectivity index (χ4v) is 2.53. The van der Waals surface area contributed by atoms with Crippen molar-refractivity contribution in [3.8, 4) is 5.75 Å². The Morgan fingerprint density at radius 2 is 1.17 bits per heavy atom. The molecule has 1 atom stereocenters. The van der Waals surface area contributed by atoms with Crippen LogP contribution in [0.3, 0.4) is 0 Å². The summed E-state index contributed by atoms with van der Waals surface area (Å²) < 4.78 is 0. The molecule has 0 spiro atoms. The van der Waals surface area contributed by atoms with Gasteiger partial charge in [0.05, 0.1) is 6.10 Å². The van der Waals surface area contributed by atoms with Gasteiger partial charge in [0.25, 0.3) is 0 Å². The molecule has 0 saturated carbocycles. The van der Waals surface area contributed by atoms with Gasteiger partial charge in [0.2, 0.25) is 0 Å². The standard InChI is InChI=1S/C15H24O.C7H16O/c1-10-8-11(14(2,3)4)13(16)12(9-10)15(5,6)7;1-5-6(8)7(2,3)4/h8-9,16H,1-7H3;6,8H,5H2,1-4H3. The van der Waals surface area contributed by atoms with Crippen molar-refractivity contribution in [2.75, 3.05) is 0 Å². The molecule has 2 nitrogen and oxygen atoms in total. The second kappa shape index (κ2) is 7.91. The number of aliphatic hydroxyl groups excluding tert-OH is 1. The van der Waals surface area contributed by atoms with Crippen LogP contribution >= 0.6 is 0 Å². The van der Waals surface area contributed by atoms with Gasteiger partial charge in [-0.15, -0.1) is 0 Å². The van der Waals surface area contributed by atoms with Crippen LogP contribution in [-0.4, -0.2) is 16.3 Å². The van der Waals surface area contributed by atoms with Crippen LogP contribution in [0.1, 0.15) is 92.3 Å². The molecule has 140 valence electrons. The number of hydrogen-bond acceptors (Lipinski definition) is 2. The zero-order valence-corrected chi connectivity index (χ0v) is 17.8. The average molecular weight is 337 g/mol. The highest BCUT2D eigenvalue weighted by Crippen LogP contribution is 2.39. The van der Waals surface area contributed by atoms with Crippen LogP contribution in [-0.2, 0) is 10.8 Å². The lowest BCUT2D eigenvalue weighted by molar-refractivity contribution is 0.0600. The summed E-state index contributed by atoms with van der Waals surface area (Å²) >= 11 is 0. The summed E-state index contributed by atoms with van der Waals surface area (Å²) in [6.45, 7) is 23.0. The quantitative estimate of drug-likeness (QED) is 0.650. The molecule has 1 aromatic rings. The number of benzene rings is 1. The summed E-state index contributed by atoms with van der Waals surface area (Å²) in [5, 5.41) is 19.6. The lowest BCUT2D eigenvalue weighted by Crippen LogP contribution is -2.24. The molecule has 0 aromatic heterocycles. The molecule has 0 saturated heterocycles. The molecule has 2 heteroatoms. The topological polar surface area (TPSA) is 40.5 Å². The Balaban J connectivity index is 0.000000561. The number of aryl methyl sites for hydroxylation is 1. The fraction of sp³-hybridized carbons (Fsp3) is 0.727. The van der Waals surface area contributed by atoms with Gasteiger partial charge in [0.1, 0.15) is 5.75 Å². The van der Waals surface area contributed by atoms with Gasteiger partial charge in [-0.25, -0.2) is 0 Å². The summed E-state index contributed by atoms with van der Waals surface area (Å²) in [4.78, 5) is 0. The number of aliphatic hydroxyl groups is 1. The van der Waals surface area contributed by atoms with Gasteiger partial charge in [0.15, 0.2) is 0 Å². The zero-order chi connectivity index (χ0) is 19.5. The fourth-order valence-electron chi connectivity index (χ4n) is 2.53. The van der Waals surface area contributed by atoms with Crippen molar-refractivity contribution in [2.45, 2.75) is 99.5 Å². The Kier molecular flexibility index (Phi) is 7.57. The minimum Gasteiger partial charge on any atom is -0.507 e. The molecule has 0 aliphatic carbocycles. The Hall–Kier alpha value is -1.02. The van der Waals surface area contributed by atoms with Gasteiger partial charge in [-0.05, 0) is 40.7 Å². The largest absolute Gasteiger partial charge is 0.507 e. The molecular formula is C22H40O2. The second-order valence-corrected chi connectivity index (χ2v) is 10.00. The molecule has 0 amide bonds. The molecule has 0 fully saturated rings. The van der Waals surface area contributed by atoms with Crippen LogP contribution in [0.4, 0.5) is 0 Å². The first-order chi connectivity index (χ1) is 10.5. The highest BCUT2D eigenvalue weighted by Gasteiger charge is 2.25. The first-order valence-electron chi connectivity index (χ1n) is 9.04. The van der Waals surface area contributed by atoms with E-state index in [1.807, 2.05) is 27.7 Å². The average Bonchev–Trinajstić information content (AvgIpc) is 2.37. The Morgan fingerprint density at radius 1 is 0.833 bits per heavy atom. The molecular weight excluding hydrogens is 296 g/mol. The molecule has 1 aromatic carbocycles. The SMILES string of the molecule is CCC(O)C(C)(C)C.Cc1cc(C(C)(C)C)c(O)c(C(C)(C)C)c1. The molecule has 0 aliphatic rings. The first-order valence-corrected chi connectivity index (χ1v) is 9.04. The van der Waals surface area contributed by atoms with Gasteiger partial charge in [-0.2, -0.15) is 0 Å². The molecule has 1 rings (SSSR count). The summed E-state index contributed by atoms with van der Waals surface area (Å²) in [6, 6.07) is 4.18. The van der Waals surface area contributed by atoms with E-state index in [4.69, 9.17) is 0 Å². The number of rotatable bonds is 1. The highest BCUT2D eigenvalue weighted by molar-refractivity contribution is 5.49. The number of phenols is 1. The van der Waals surface area contributed by atoms with E-state index in [1.54, 1.807) is 0 Å². The maximum absolute atomic E-state index is 10.4. The Morgan fingerprint density at radius 3 is 1.33 bits per heavy atom. The van der Waals surface area contributed by atoms with Crippen molar-refractivity contribution in [2.24, 2.45) is 5.41 Å². The van der Waals surface area contributed by atoms with Crippen molar-refractivity contribution in [1.82, 2.24) is 0 Å². The van der Waals surface area contributed by atoms with E-state index >= 15 is 0 Å².